The molecule has 2 heterocycles. The molecule has 0 radical (unpaired) electrons. The number of benzene rings is 2. The zero-order chi connectivity index (χ0) is 18.1. The van der Waals surface area contributed by atoms with Crippen LogP contribution in [-0.4, -0.2) is 30.8 Å². The van der Waals surface area contributed by atoms with E-state index in [-0.39, 0.29) is 17.9 Å². The smallest absolute Gasteiger partial charge is 0.190 e. The van der Waals surface area contributed by atoms with Crippen LogP contribution in [0.1, 0.15) is 11.1 Å². The van der Waals surface area contributed by atoms with E-state index in [9.17, 15) is 10.1 Å². The number of anilines is 1. The van der Waals surface area contributed by atoms with Crippen LogP contribution in [0.5, 0.6) is 0 Å². The molecule has 26 heavy (non-hydrogen) atoms. The molecular weight excluding hydrogens is 342 g/mol. The fourth-order valence-corrected chi connectivity index (χ4v) is 4.68. The first-order chi connectivity index (χ1) is 12.7. The van der Waals surface area contributed by atoms with E-state index in [1.807, 2.05) is 42.3 Å². The van der Waals surface area contributed by atoms with Crippen molar-refractivity contribution in [3.8, 4) is 6.07 Å². The Balaban J connectivity index is 1.54. The molecule has 0 fully saturated rings. The summed E-state index contributed by atoms with van der Waals surface area (Å²) in [5, 5.41) is 10.4. The number of carbonyl (C=O) groups excluding carboxylic acids is 1. The zero-order valence-electron chi connectivity index (χ0n) is 14.6. The minimum Gasteiger partial charge on any atom is -0.337 e. The van der Waals surface area contributed by atoms with Crippen molar-refractivity contribution in [1.29, 1.82) is 5.26 Å². The predicted octanol–water partition coefficient (Wildman–Crippen LogP) is 3.59. The fraction of sp³-hybridized carbons (Fsp3) is 0.238. The summed E-state index contributed by atoms with van der Waals surface area (Å²) in [6.07, 6.45) is 0.946. The van der Waals surface area contributed by atoms with Crippen molar-refractivity contribution in [1.82, 2.24) is 4.90 Å². The molecule has 4 nitrogen and oxygen atoms in total. The summed E-state index contributed by atoms with van der Waals surface area (Å²) >= 11 is 1.50. The van der Waals surface area contributed by atoms with Crippen molar-refractivity contribution >= 4 is 23.2 Å². The Morgan fingerprint density at radius 3 is 2.65 bits per heavy atom. The van der Waals surface area contributed by atoms with Gasteiger partial charge in [-0.2, -0.15) is 5.26 Å². The number of para-hydroxylation sites is 1. The molecule has 0 unspecified atom stereocenters. The van der Waals surface area contributed by atoms with Crippen LogP contribution in [0.2, 0.25) is 0 Å². The average molecular weight is 361 g/mol. The molecule has 2 aromatic rings. The number of nitriles is 1. The molecule has 4 rings (SSSR count). The van der Waals surface area contributed by atoms with Crippen molar-refractivity contribution in [3.63, 3.8) is 0 Å². The van der Waals surface area contributed by atoms with Gasteiger partial charge in [-0.25, -0.2) is 0 Å². The second kappa shape index (κ2) is 6.99. The number of hydrogen-bond acceptors (Lipinski definition) is 5. The van der Waals surface area contributed by atoms with Gasteiger partial charge in [0, 0.05) is 25.0 Å². The lowest BCUT2D eigenvalue weighted by atomic mass is 9.99. The molecule has 0 bridgehead atoms. The summed E-state index contributed by atoms with van der Waals surface area (Å²) in [5.41, 5.74) is 3.93. The highest BCUT2D eigenvalue weighted by Gasteiger charge is 2.29. The van der Waals surface area contributed by atoms with Crippen LogP contribution in [0.3, 0.4) is 0 Å². The van der Waals surface area contributed by atoms with Gasteiger partial charge in [-0.15, -0.1) is 0 Å². The highest BCUT2D eigenvalue weighted by molar-refractivity contribution is 8.03. The van der Waals surface area contributed by atoms with Crippen molar-refractivity contribution < 1.29 is 4.79 Å². The van der Waals surface area contributed by atoms with E-state index in [1.165, 1.54) is 22.9 Å². The molecule has 2 aliphatic heterocycles. The van der Waals surface area contributed by atoms with Crippen LogP contribution in [0.15, 0.2) is 64.0 Å². The third-order valence-corrected chi connectivity index (χ3v) is 6.16. The van der Waals surface area contributed by atoms with Crippen LogP contribution in [0.4, 0.5) is 5.69 Å². The lowest BCUT2D eigenvalue weighted by Crippen LogP contribution is -2.35. The van der Waals surface area contributed by atoms with E-state index in [1.54, 1.807) is 0 Å². The molecular formula is C21H19N3OS. The maximum absolute atomic E-state index is 12.9. The summed E-state index contributed by atoms with van der Waals surface area (Å²) < 4.78 is 0. The Morgan fingerprint density at radius 1 is 1.15 bits per heavy atom. The summed E-state index contributed by atoms with van der Waals surface area (Å²) in [7, 11) is 1.91. The SMILES string of the molecule is CN1/C(=C(\C#N)C(=O)CN2CCc3ccccc3C2)Sc2ccccc21. The monoisotopic (exact) mass is 361 g/mol. The number of thioether (sulfide) groups is 1. The van der Waals surface area contributed by atoms with Crippen molar-refractivity contribution in [2.24, 2.45) is 0 Å². The highest BCUT2D eigenvalue weighted by Crippen LogP contribution is 2.46. The Kier molecular flexibility index (Phi) is 4.54. The van der Waals surface area contributed by atoms with Gasteiger partial charge in [0.25, 0.3) is 0 Å². The standard InChI is InChI=1S/C21H19N3OS/c1-23-18-8-4-5-9-20(18)26-21(23)17(12-22)19(25)14-24-11-10-15-6-2-3-7-16(15)13-24/h2-9H,10-11,13-14H2,1H3/b21-17-. The van der Waals surface area contributed by atoms with Crippen molar-refractivity contribution in [2.45, 2.75) is 17.9 Å². The third-order valence-electron chi connectivity index (χ3n) is 4.92. The first-order valence-corrected chi connectivity index (χ1v) is 9.46. The number of ketones is 1. The van der Waals surface area contributed by atoms with Crippen molar-refractivity contribution in [2.75, 3.05) is 25.0 Å². The Labute approximate surface area is 157 Å². The first-order valence-electron chi connectivity index (χ1n) is 8.64. The molecule has 0 saturated heterocycles. The molecule has 0 aromatic heterocycles. The number of nitrogens with zero attached hydrogens (tertiary/aromatic N) is 3. The number of carbonyl (C=O) groups is 1. The van der Waals surface area contributed by atoms with Crippen LogP contribution < -0.4 is 4.90 Å². The third kappa shape index (κ3) is 3.03. The molecule has 5 heteroatoms. The van der Waals surface area contributed by atoms with E-state index in [0.29, 0.717) is 0 Å². The minimum absolute atomic E-state index is 0.103. The van der Waals surface area contributed by atoms with Crippen LogP contribution in [0, 0.1) is 11.3 Å². The van der Waals surface area contributed by atoms with Gasteiger partial charge < -0.3 is 4.90 Å². The van der Waals surface area contributed by atoms with Crippen molar-refractivity contribution in [3.05, 3.63) is 70.3 Å². The van der Waals surface area contributed by atoms with Gasteiger partial charge in [0.1, 0.15) is 16.7 Å². The van der Waals surface area contributed by atoms with Gasteiger partial charge in [-0.05, 0) is 29.7 Å². The Hall–Kier alpha value is -2.55. The number of rotatable bonds is 3. The molecule has 2 aliphatic rings. The number of fused-ring (bicyclic) bond motifs is 2. The highest BCUT2D eigenvalue weighted by atomic mass is 32.2. The normalized spacial score (nSPS) is 18.1. The lowest BCUT2D eigenvalue weighted by Gasteiger charge is -2.28. The van der Waals surface area contributed by atoms with E-state index in [0.717, 1.165) is 35.1 Å². The summed E-state index contributed by atoms with van der Waals surface area (Å²) in [6.45, 7) is 1.89. The van der Waals surface area contributed by atoms with Gasteiger partial charge >= 0.3 is 0 Å². The number of hydrogen-bond donors (Lipinski definition) is 0. The van der Waals surface area contributed by atoms with Gasteiger partial charge in [0.15, 0.2) is 5.78 Å². The number of Topliss-reactive ketones (excluding diaryl/α,β-unsaturated/α-hetero) is 1. The molecule has 0 aliphatic carbocycles. The summed E-state index contributed by atoms with van der Waals surface area (Å²) in [5.74, 6) is -0.103. The maximum Gasteiger partial charge on any atom is 0.190 e. The Morgan fingerprint density at radius 2 is 1.88 bits per heavy atom. The second-order valence-corrected chi connectivity index (χ2v) is 7.60. The van der Waals surface area contributed by atoms with Gasteiger partial charge in [0.2, 0.25) is 0 Å². The molecule has 0 N–H and O–H groups in total. The first kappa shape index (κ1) is 16.9. The van der Waals surface area contributed by atoms with Crippen LogP contribution in [0.25, 0.3) is 0 Å². The Bertz CT molecular complexity index is 944. The fourth-order valence-electron chi connectivity index (χ4n) is 3.52. The van der Waals surface area contributed by atoms with E-state index < -0.39 is 0 Å². The molecule has 130 valence electrons. The van der Waals surface area contributed by atoms with Gasteiger partial charge in [0.05, 0.1) is 12.2 Å². The predicted molar refractivity (Wildman–Crippen MR) is 104 cm³/mol. The molecule has 0 atom stereocenters. The minimum atomic E-state index is -0.103. The zero-order valence-corrected chi connectivity index (χ0v) is 15.4. The maximum atomic E-state index is 12.9. The van der Waals surface area contributed by atoms with Gasteiger partial charge in [-0.1, -0.05) is 48.2 Å². The second-order valence-electron chi connectivity index (χ2n) is 6.57. The topological polar surface area (TPSA) is 47.3 Å². The largest absolute Gasteiger partial charge is 0.337 e. The summed E-state index contributed by atoms with van der Waals surface area (Å²) in [6, 6.07) is 18.5. The molecule has 0 saturated carbocycles. The molecule has 2 aromatic carbocycles. The van der Waals surface area contributed by atoms with Crippen LogP contribution in [-0.2, 0) is 17.8 Å². The van der Waals surface area contributed by atoms with E-state index in [2.05, 4.69) is 29.2 Å². The summed E-state index contributed by atoms with van der Waals surface area (Å²) in [4.78, 5) is 18.0. The van der Waals surface area contributed by atoms with E-state index in [4.69, 9.17) is 0 Å². The quantitative estimate of drug-likeness (QED) is 0.618. The van der Waals surface area contributed by atoms with E-state index >= 15 is 0 Å². The molecule has 0 spiro atoms. The van der Waals surface area contributed by atoms with Gasteiger partial charge in [-0.3, -0.25) is 9.69 Å². The van der Waals surface area contributed by atoms with Crippen LogP contribution >= 0.6 is 11.8 Å². The average Bonchev–Trinajstić information content (AvgIpc) is 2.99. The lowest BCUT2D eigenvalue weighted by molar-refractivity contribution is -0.116. The molecule has 0 amide bonds.